The molecule has 0 saturated carbocycles. The van der Waals surface area contributed by atoms with Gasteiger partial charge in [-0.3, -0.25) is 4.90 Å². The molecule has 1 saturated heterocycles. The summed E-state index contributed by atoms with van der Waals surface area (Å²) < 4.78 is 10.2. The fraction of sp³-hybridized carbons (Fsp3) is 0.846. The normalized spacial score (nSPS) is 22.3. The molecule has 1 fully saturated rings. The molecular weight excluding hydrogens is 246 g/mol. The summed E-state index contributed by atoms with van der Waals surface area (Å²) in [6, 6.07) is 0.155. The van der Waals surface area contributed by atoms with E-state index in [0.717, 1.165) is 25.2 Å². The minimum atomic E-state index is -0.470. The van der Waals surface area contributed by atoms with Gasteiger partial charge in [-0.1, -0.05) is 19.0 Å². The maximum absolute atomic E-state index is 9.84. The van der Waals surface area contributed by atoms with Gasteiger partial charge < -0.3 is 14.4 Å². The molecule has 19 heavy (non-hydrogen) atoms. The lowest BCUT2D eigenvalue weighted by molar-refractivity contribution is 0.0336. The number of nitrogens with zero attached hydrogens (tertiary/aromatic N) is 3. The lowest BCUT2D eigenvalue weighted by Crippen LogP contribution is -2.34. The van der Waals surface area contributed by atoms with Crippen LogP contribution in [0.2, 0.25) is 0 Å². The molecule has 1 aliphatic rings. The number of methoxy groups -OCH3 is 1. The quantitative estimate of drug-likeness (QED) is 0.840. The van der Waals surface area contributed by atoms with Gasteiger partial charge in [0.2, 0.25) is 5.89 Å². The van der Waals surface area contributed by atoms with Crippen LogP contribution in [0.25, 0.3) is 0 Å². The van der Waals surface area contributed by atoms with Crippen molar-refractivity contribution in [1.82, 2.24) is 15.0 Å². The number of rotatable bonds is 6. The Morgan fingerprint density at radius 2 is 2.32 bits per heavy atom. The largest absolute Gasteiger partial charge is 0.389 e. The molecule has 0 unspecified atom stereocenters. The van der Waals surface area contributed by atoms with Gasteiger partial charge in [-0.05, 0) is 19.4 Å². The fourth-order valence-corrected chi connectivity index (χ4v) is 2.47. The van der Waals surface area contributed by atoms with Crippen LogP contribution in [0, 0.1) is 0 Å². The topological polar surface area (TPSA) is 71.6 Å². The predicted octanol–water partition coefficient (Wildman–Crippen LogP) is 1.34. The Bertz CT molecular complexity index is 394. The first kappa shape index (κ1) is 14.4. The molecule has 6 nitrogen and oxygen atoms in total. The van der Waals surface area contributed by atoms with Crippen LogP contribution >= 0.6 is 0 Å². The van der Waals surface area contributed by atoms with Crippen molar-refractivity contribution >= 4 is 0 Å². The van der Waals surface area contributed by atoms with Gasteiger partial charge in [0.25, 0.3) is 0 Å². The summed E-state index contributed by atoms with van der Waals surface area (Å²) >= 11 is 0. The lowest BCUT2D eigenvalue weighted by Gasteiger charge is -2.24. The molecule has 2 heterocycles. The summed E-state index contributed by atoms with van der Waals surface area (Å²) in [6.07, 6.45) is 1.63. The van der Waals surface area contributed by atoms with Crippen LogP contribution in [-0.4, -0.2) is 53.1 Å². The molecule has 1 aromatic rings. The van der Waals surface area contributed by atoms with E-state index in [1.54, 1.807) is 7.11 Å². The average molecular weight is 269 g/mol. The van der Waals surface area contributed by atoms with Gasteiger partial charge >= 0.3 is 0 Å². The smallest absolute Gasteiger partial charge is 0.229 e. The minimum Gasteiger partial charge on any atom is -0.389 e. The van der Waals surface area contributed by atoms with E-state index in [4.69, 9.17) is 9.26 Å². The number of aromatic nitrogens is 2. The molecule has 1 aromatic heterocycles. The highest BCUT2D eigenvalue weighted by molar-refractivity contribution is 5.00. The van der Waals surface area contributed by atoms with Crippen molar-refractivity contribution in [2.24, 2.45) is 0 Å². The summed E-state index contributed by atoms with van der Waals surface area (Å²) in [7, 11) is 1.60. The summed E-state index contributed by atoms with van der Waals surface area (Å²) in [5.41, 5.74) is 0. The molecule has 2 atom stereocenters. The van der Waals surface area contributed by atoms with Crippen molar-refractivity contribution in [1.29, 1.82) is 0 Å². The highest BCUT2D eigenvalue weighted by Crippen LogP contribution is 2.30. The first-order valence-electron chi connectivity index (χ1n) is 6.86. The third-order valence-electron chi connectivity index (χ3n) is 3.42. The molecule has 1 N–H and O–H groups in total. The maximum Gasteiger partial charge on any atom is 0.229 e. The summed E-state index contributed by atoms with van der Waals surface area (Å²) in [5.74, 6) is 1.67. The second-order valence-corrected chi connectivity index (χ2v) is 5.41. The zero-order valence-electron chi connectivity index (χ0n) is 11.9. The number of aliphatic hydroxyl groups is 1. The first-order valence-corrected chi connectivity index (χ1v) is 6.86. The number of ether oxygens (including phenoxy) is 1. The van der Waals surface area contributed by atoms with Crippen molar-refractivity contribution in [2.45, 2.75) is 44.8 Å². The Kier molecular flexibility index (Phi) is 4.90. The third-order valence-corrected chi connectivity index (χ3v) is 3.42. The molecule has 6 heteroatoms. The molecule has 0 amide bonds. The van der Waals surface area contributed by atoms with Gasteiger partial charge in [-0.25, -0.2) is 0 Å². The Labute approximate surface area is 113 Å². The molecule has 0 aliphatic carbocycles. The lowest BCUT2D eigenvalue weighted by atomic mass is 10.2. The van der Waals surface area contributed by atoms with Crippen LogP contribution in [0.1, 0.15) is 50.4 Å². The van der Waals surface area contributed by atoms with Crippen LogP contribution in [0.4, 0.5) is 0 Å². The molecule has 0 radical (unpaired) electrons. The first-order chi connectivity index (χ1) is 9.11. The van der Waals surface area contributed by atoms with Gasteiger partial charge in [-0.2, -0.15) is 4.98 Å². The van der Waals surface area contributed by atoms with Crippen LogP contribution in [0.5, 0.6) is 0 Å². The highest BCUT2D eigenvalue weighted by Gasteiger charge is 2.31. The predicted molar refractivity (Wildman–Crippen MR) is 69.8 cm³/mol. The summed E-state index contributed by atoms with van der Waals surface area (Å²) in [4.78, 5) is 6.67. The Morgan fingerprint density at radius 1 is 1.53 bits per heavy atom. The highest BCUT2D eigenvalue weighted by atomic mass is 16.5. The van der Waals surface area contributed by atoms with E-state index in [0.29, 0.717) is 19.0 Å². The summed E-state index contributed by atoms with van der Waals surface area (Å²) in [6.45, 7) is 5.96. The zero-order chi connectivity index (χ0) is 13.8. The second-order valence-electron chi connectivity index (χ2n) is 5.41. The average Bonchev–Trinajstić information content (AvgIpc) is 2.96. The van der Waals surface area contributed by atoms with Crippen LogP contribution in [0.15, 0.2) is 4.52 Å². The monoisotopic (exact) mass is 269 g/mol. The van der Waals surface area contributed by atoms with E-state index in [1.165, 1.54) is 0 Å². The fourth-order valence-electron chi connectivity index (χ4n) is 2.47. The van der Waals surface area contributed by atoms with Crippen molar-refractivity contribution in [3.05, 3.63) is 11.7 Å². The molecule has 0 aromatic carbocycles. The Balaban J connectivity index is 2.01. The maximum atomic E-state index is 9.84. The molecule has 0 spiro atoms. The molecule has 108 valence electrons. The number of hydrogen-bond donors (Lipinski definition) is 1. The number of aliphatic hydroxyl groups excluding tert-OH is 1. The number of hydrogen-bond acceptors (Lipinski definition) is 6. The minimum absolute atomic E-state index is 0.155. The number of β-amino-alcohol motifs (C(OH)–C–C–N with tert-alkyl or cyclic N) is 1. The molecule has 0 bridgehead atoms. The van der Waals surface area contributed by atoms with Crippen molar-refractivity contribution in [3.8, 4) is 0 Å². The zero-order valence-corrected chi connectivity index (χ0v) is 11.9. The number of likely N-dealkylation sites (tertiary alicyclic amines) is 1. The molecular formula is C13H23N3O3. The van der Waals surface area contributed by atoms with E-state index in [1.807, 2.05) is 13.8 Å². The summed E-state index contributed by atoms with van der Waals surface area (Å²) in [5, 5.41) is 13.9. The van der Waals surface area contributed by atoms with E-state index < -0.39 is 6.10 Å². The van der Waals surface area contributed by atoms with Gasteiger partial charge in [0.15, 0.2) is 5.82 Å². The van der Waals surface area contributed by atoms with E-state index >= 15 is 0 Å². The Hall–Kier alpha value is -0.980. The van der Waals surface area contributed by atoms with Gasteiger partial charge in [-0.15, -0.1) is 0 Å². The van der Waals surface area contributed by atoms with Crippen molar-refractivity contribution in [2.75, 3.05) is 26.8 Å². The van der Waals surface area contributed by atoms with Gasteiger partial charge in [0.1, 0.15) is 0 Å². The van der Waals surface area contributed by atoms with E-state index in [9.17, 15) is 5.11 Å². The molecule has 2 rings (SSSR count). The Morgan fingerprint density at radius 3 is 2.95 bits per heavy atom. The van der Waals surface area contributed by atoms with Crippen molar-refractivity contribution in [3.63, 3.8) is 0 Å². The van der Waals surface area contributed by atoms with Crippen LogP contribution in [-0.2, 0) is 4.74 Å². The van der Waals surface area contributed by atoms with Crippen LogP contribution in [0.3, 0.4) is 0 Å². The SMILES string of the molecule is COC[C@@H](O)CN1CCC[C@H]1c1noc(C(C)C)n1. The third kappa shape index (κ3) is 3.52. The van der Waals surface area contributed by atoms with Gasteiger partial charge in [0, 0.05) is 19.6 Å². The van der Waals surface area contributed by atoms with Gasteiger partial charge in [0.05, 0.1) is 18.8 Å². The second kappa shape index (κ2) is 6.45. The van der Waals surface area contributed by atoms with Crippen LogP contribution < -0.4 is 0 Å². The van der Waals surface area contributed by atoms with Crippen molar-refractivity contribution < 1.29 is 14.4 Å². The van der Waals surface area contributed by atoms with E-state index in [2.05, 4.69) is 15.0 Å². The van der Waals surface area contributed by atoms with E-state index in [-0.39, 0.29) is 12.0 Å². The standard InChI is InChI=1S/C13H23N3O3/c1-9(2)13-14-12(15-19-13)11-5-4-6-16(11)7-10(17)8-18-3/h9-11,17H,4-8H2,1-3H3/t10-,11-/m0/s1. The molecule has 1 aliphatic heterocycles.